The van der Waals surface area contributed by atoms with Gasteiger partial charge in [0.1, 0.15) is 5.82 Å². The van der Waals surface area contributed by atoms with Gasteiger partial charge in [-0.25, -0.2) is 4.98 Å². The van der Waals surface area contributed by atoms with Crippen LogP contribution in [-0.4, -0.2) is 21.3 Å². The van der Waals surface area contributed by atoms with E-state index in [1.54, 1.807) is 0 Å². The summed E-state index contributed by atoms with van der Waals surface area (Å²) in [5.41, 5.74) is 8.70. The van der Waals surface area contributed by atoms with Crippen molar-refractivity contribution in [1.82, 2.24) is 9.55 Å². The zero-order chi connectivity index (χ0) is 13.8. The van der Waals surface area contributed by atoms with E-state index in [2.05, 4.69) is 23.4 Å². The zero-order valence-corrected chi connectivity index (χ0v) is 11.8. The number of anilines is 1. The Morgan fingerprint density at radius 3 is 2.89 bits per heavy atom. The van der Waals surface area contributed by atoms with E-state index >= 15 is 0 Å². The second kappa shape index (κ2) is 6.06. The van der Waals surface area contributed by atoms with Crippen molar-refractivity contribution >= 4 is 16.7 Å². The number of benzene rings is 1. The quantitative estimate of drug-likeness (QED) is 0.786. The minimum absolute atomic E-state index is 0.266. The third kappa shape index (κ3) is 3.07. The molecule has 104 valence electrons. The zero-order valence-electron chi connectivity index (χ0n) is 11.8. The molecule has 0 fully saturated rings. The van der Waals surface area contributed by atoms with Crippen molar-refractivity contribution < 1.29 is 5.11 Å². The van der Waals surface area contributed by atoms with E-state index in [1.807, 2.05) is 18.2 Å². The molecule has 2 rings (SSSR count). The van der Waals surface area contributed by atoms with Gasteiger partial charge in [-0.3, -0.25) is 0 Å². The lowest BCUT2D eigenvalue weighted by Gasteiger charge is -2.10. The maximum atomic E-state index is 9.06. The Hall–Kier alpha value is -1.55. The fourth-order valence-corrected chi connectivity index (χ4v) is 2.41. The van der Waals surface area contributed by atoms with Crippen molar-refractivity contribution in [3.05, 3.63) is 24.0 Å². The first-order chi connectivity index (χ1) is 9.15. The second-order valence-corrected chi connectivity index (χ2v) is 5.21. The fourth-order valence-electron chi connectivity index (χ4n) is 2.41. The number of aromatic nitrogens is 2. The molecule has 1 aromatic carbocycles. The summed E-state index contributed by atoms with van der Waals surface area (Å²) in [5, 5.41) is 9.06. The summed E-state index contributed by atoms with van der Waals surface area (Å²) >= 11 is 0. The molecule has 4 nitrogen and oxygen atoms in total. The van der Waals surface area contributed by atoms with Crippen LogP contribution in [0.15, 0.2) is 18.2 Å². The lowest BCUT2D eigenvalue weighted by molar-refractivity contribution is 0.226. The van der Waals surface area contributed by atoms with Crippen LogP contribution >= 0.6 is 0 Å². The lowest BCUT2D eigenvalue weighted by Crippen LogP contribution is -2.06. The molecule has 0 aliphatic rings. The molecule has 3 N–H and O–H groups in total. The van der Waals surface area contributed by atoms with Crippen molar-refractivity contribution in [1.29, 1.82) is 0 Å². The second-order valence-electron chi connectivity index (χ2n) is 5.21. The highest BCUT2D eigenvalue weighted by Crippen LogP contribution is 2.20. The van der Waals surface area contributed by atoms with Crippen LogP contribution in [0.5, 0.6) is 0 Å². The van der Waals surface area contributed by atoms with E-state index < -0.39 is 0 Å². The van der Waals surface area contributed by atoms with Crippen molar-refractivity contribution in [2.24, 2.45) is 5.92 Å². The van der Waals surface area contributed by atoms with Crippen LogP contribution in [0.3, 0.4) is 0 Å². The summed E-state index contributed by atoms with van der Waals surface area (Å²) in [5.74, 6) is 1.48. The van der Waals surface area contributed by atoms with Gasteiger partial charge in [0.2, 0.25) is 0 Å². The Kier molecular flexibility index (Phi) is 4.43. The van der Waals surface area contributed by atoms with Gasteiger partial charge in [-0.1, -0.05) is 13.8 Å². The summed E-state index contributed by atoms with van der Waals surface area (Å²) in [6.45, 7) is 5.42. The van der Waals surface area contributed by atoms with Crippen LogP contribution in [0.1, 0.15) is 32.5 Å². The molecule has 0 aliphatic carbocycles. The van der Waals surface area contributed by atoms with Gasteiger partial charge in [0.15, 0.2) is 0 Å². The van der Waals surface area contributed by atoms with Gasteiger partial charge in [0.25, 0.3) is 0 Å². The van der Waals surface area contributed by atoms with Crippen molar-refractivity contribution in [2.75, 3.05) is 12.3 Å². The highest BCUT2D eigenvalue weighted by Gasteiger charge is 2.09. The summed E-state index contributed by atoms with van der Waals surface area (Å²) in [4.78, 5) is 4.64. The molecule has 0 bridgehead atoms. The number of hydrogen-bond acceptors (Lipinski definition) is 3. The topological polar surface area (TPSA) is 64.1 Å². The number of nitrogen functional groups attached to an aromatic ring is 1. The number of rotatable bonds is 6. The van der Waals surface area contributed by atoms with Gasteiger partial charge in [-0.2, -0.15) is 0 Å². The number of hydrogen-bond donors (Lipinski definition) is 2. The summed E-state index contributed by atoms with van der Waals surface area (Å²) in [6, 6.07) is 5.91. The number of fused-ring (bicyclic) bond motifs is 1. The number of nitrogens with zero attached hydrogens (tertiary/aromatic N) is 2. The Labute approximate surface area is 114 Å². The van der Waals surface area contributed by atoms with Crippen LogP contribution in [0, 0.1) is 5.92 Å². The number of aliphatic hydroxyl groups is 1. The maximum absolute atomic E-state index is 9.06. The van der Waals surface area contributed by atoms with E-state index in [0.29, 0.717) is 5.92 Å². The van der Waals surface area contributed by atoms with E-state index in [0.717, 1.165) is 48.4 Å². The Morgan fingerprint density at radius 1 is 1.42 bits per heavy atom. The summed E-state index contributed by atoms with van der Waals surface area (Å²) < 4.78 is 2.28. The molecule has 2 aromatic rings. The molecular weight excluding hydrogens is 238 g/mol. The van der Waals surface area contributed by atoms with Crippen LogP contribution in [-0.2, 0) is 13.0 Å². The van der Waals surface area contributed by atoms with Crippen LogP contribution in [0.2, 0.25) is 0 Å². The van der Waals surface area contributed by atoms with Crippen LogP contribution in [0.25, 0.3) is 11.0 Å². The molecule has 0 spiro atoms. The van der Waals surface area contributed by atoms with Gasteiger partial charge >= 0.3 is 0 Å². The lowest BCUT2D eigenvalue weighted by atomic mass is 10.1. The molecule has 0 radical (unpaired) electrons. The number of aryl methyl sites for hydroxylation is 2. The Morgan fingerprint density at radius 2 is 2.21 bits per heavy atom. The summed E-state index contributed by atoms with van der Waals surface area (Å²) in [7, 11) is 0. The van der Waals surface area contributed by atoms with Crippen molar-refractivity contribution in [3.8, 4) is 0 Å². The fraction of sp³-hybridized carbons (Fsp3) is 0.533. The van der Waals surface area contributed by atoms with E-state index in [9.17, 15) is 0 Å². The van der Waals surface area contributed by atoms with Gasteiger partial charge < -0.3 is 15.4 Å². The van der Waals surface area contributed by atoms with E-state index in [-0.39, 0.29) is 6.61 Å². The minimum atomic E-state index is 0.266. The van der Waals surface area contributed by atoms with E-state index in [4.69, 9.17) is 10.8 Å². The Balaban J connectivity index is 2.20. The standard InChI is InChI=1S/C15H23N3O/c1-3-15-17-13-9-12(16)6-7-14(13)18(15)8-4-5-11(2)10-19/h6-7,9,11,19H,3-5,8,10,16H2,1-2H3. The van der Waals surface area contributed by atoms with Crippen molar-refractivity contribution in [2.45, 2.75) is 39.7 Å². The molecule has 4 heteroatoms. The SMILES string of the molecule is CCc1nc2cc(N)ccc2n1CCCC(C)CO. The molecular formula is C15H23N3O. The largest absolute Gasteiger partial charge is 0.399 e. The molecule has 1 aromatic heterocycles. The Bertz CT molecular complexity index is 548. The third-order valence-corrected chi connectivity index (χ3v) is 3.56. The van der Waals surface area contributed by atoms with Crippen molar-refractivity contribution in [3.63, 3.8) is 0 Å². The van der Waals surface area contributed by atoms with Gasteiger partial charge in [-0.15, -0.1) is 0 Å². The number of nitrogens with two attached hydrogens (primary N) is 1. The molecule has 0 aliphatic heterocycles. The van der Waals surface area contributed by atoms with Gasteiger partial charge in [-0.05, 0) is 37.0 Å². The first kappa shape index (κ1) is 13.9. The van der Waals surface area contributed by atoms with Gasteiger partial charge in [0, 0.05) is 25.3 Å². The molecule has 0 saturated carbocycles. The predicted molar refractivity (Wildman–Crippen MR) is 79.0 cm³/mol. The highest BCUT2D eigenvalue weighted by molar-refractivity contribution is 5.79. The van der Waals surface area contributed by atoms with Crippen LogP contribution in [0.4, 0.5) is 5.69 Å². The number of aliphatic hydroxyl groups excluding tert-OH is 1. The van der Waals surface area contributed by atoms with E-state index in [1.165, 1.54) is 0 Å². The first-order valence-corrected chi connectivity index (χ1v) is 7.01. The summed E-state index contributed by atoms with van der Waals surface area (Å²) in [6.07, 6.45) is 3.02. The molecule has 0 amide bonds. The highest BCUT2D eigenvalue weighted by atomic mass is 16.3. The maximum Gasteiger partial charge on any atom is 0.109 e. The molecule has 1 heterocycles. The third-order valence-electron chi connectivity index (χ3n) is 3.56. The monoisotopic (exact) mass is 261 g/mol. The van der Waals surface area contributed by atoms with Crippen LogP contribution < -0.4 is 5.73 Å². The molecule has 1 atom stereocenters. The predicted octanol–water partition coefficient (Wildman–Crippen LogP) is 2.59. The molecule has 1 unspecified atom stereocenters. The molecule has 19 heavy (non-hydrogen) atoms. The average molecular weight is 261 g/mol. The first-order valence-electron chi connectivity index (χ1n) is 7.01. The minimum Gasteiger partial charge on any atom is -0.399 e. The molecule has 0 saturated heterocycles. The normalized spacial score (nSPS) is 13.0. The number of imidazole rings is 1. The smallest absolute Gasteiger partial charge is 0.109 e. The van der Waals surface area contributed by atoms with Gasteiger partial charge in [0.05, 0.1) is 11.0 Å². The average Bonchev–Trinajstić information content (AvgIpc) is 2.75.